The van der Waals surface area contributed by atoms with E-state index in [4.69, 9.17) is 4.74 Å². The van der Waals surface area contributed by atoms with E-state index in [2.05, 4.69) is 15.9 Å². The first kappa shape index (κ1) is 16.3. The van der Waals surface area contributed by atoms with Gasteiger partial charge in [-0.25, -0.2) is 8.42 Å². The van der Waals surface area contributed by atoms with Gasteiger partial charge in [-0.1, -0.05) is 15.9 Å². The number of anilines is 1. The van der Waals surface area contributed by atoms with Crippen LogP contribution in [-0.4, -0.2) is 21.6 Å². The molecular formula is C17H18BrNO3S. The number of sulfonamides is 1. The van der Waals surface area contributed by atoms with Gasteiger partial charge in [0, 0.05) is 10.5 Å². The van der Waals surface area contributed by atoms with Crippen LogP contribution in [0.4, 0.5) is 5.69 Å². The standard InChI is InChI=1S/C17H18BrNO3S/c1-11-8-15(5-7-17(11)22-3)23(20,21)19-12(2)9-13-10-14(18)4-6-16(13)19/h4-8,10,12H,9H2,1-3H3/t12-/m0/s1. The fraction of sp³-hybridized carbons (Fsp3) is 0.294. The molecule has 0 N–H and O–H groups in total. The largest absolute Gasteiger partial charge is 0.496 e. The molecule has 1 atom stereocenters. The highest BCUT2D eigenvalue weighted by Crippen LogP contribution is 2.38. The molecule has 4 nitrogen and oxygen atoms in total. The van der Waals surface area contributed by atoms with E-state index in [-0.39, 0.29) is 6.04 Å². The van der Waals surface area contributed by atoms with Crippen LogP contribution in [0.5, 0.6) is 5.75 Å². The molecule has 0 fully saturated rings. The number of nitrogens with zero attached hydrogens (tertiary/aromatic N) is 1. The molecule has 23 heavy (non-hydrogen) atoms. The molecule has 0 spiro atoms. The molecule has 0 aromatic heterocycles. The van der Waals surface area contributed by atoms with E-state index in [1.807, 2.05) is 32.0 Å². The lowest BCUT2D eigenvalue weighted by Gasteiger charge is -2.25. The van der Waals surface area contributed by atoms with E-state index in [0.717, 1.165) is 21.3 Å². The molecule has 2 aromatic rings. The number of aryl methyl sites for hydroxylation is 1. The Balaban J connectivity index is 2.09. The first-order valence-electron chi connectivity index (χ1n) is 7.32. The van der Waals surface area contributed by atoms with E-state index in [0.29, 0.717) is 17.1 Å². The summed E-state index contributed by atoms with van der Waals surface area (Å²) in [6.07, 6.45) is 0.711. The van der Waals surface area contributed by atoms with Gasteiger partial charge in [-0.05, 0) is 67.8 Å². The predicted octanol–water partition coefficient (Wildman–Crippen LogP) is 3.91. The van der Waals surface area contributed by atoms with Crippen molar-refractivity contribution in [2.45, 2.75) is 31.2 Å². The SMILES string of the molecule is COc1ccc(S(=O)(=O)N2c3ccc(Br)cc3C[C@@H]2C)cc1C. The maximum absolute atomic E-state index is 13.1. The summed E-state index contributed by atoms with van der Waals surface area (Å²) < 4.78 is 33.9. The molecule has 0 saturated carbocycles. The molecule has 2 aromatic carbocycles. The Kier molecular flexibility index (Phi) is 4.14. The van der Waals surface area contributed by atoms with Crippen LogP contribution in [0.1, 0.15) is 18.1 Å². The first-order chi connectivity index (χ1) is 10.8. The van der Waals surface area contributed by atoms with Crippen molar-refractivity contribution in [2.24, 2.45) is 0 Å². The van der Waals surface area contributed by atoms with Crippen LogP contribution in [0.3, 0.4) is 0 Å². The predicted molar refractivity (Wildman–Crippen MR) is 94.7 cm³/mol. The summed E-state index contributed by atoms with van der Waals surface area (Å²) in [4.78, 5) is 0.290. The molecule has 0 radical (unpaired) electrons. The van der Waals surface area contributed by atoms with Gasteiger partial charge in [0.25, 0.3) is 10.0 Å². The molecule has 0 unspecified atom stereocenters. The zero-order valence-electron chi connectivity index (χ0n) is 13.2. The fourth-order valence-electron chi connectivity index (χ4n) is 3.06. The Hall–Kier alpha value is -1.53. The molecule has 6 heteroatoms. The van der Waals surface area contributed by atoms with Crippen molar-refractivity contribution >= 4 is 31.6 Å². The van der Waals surface area contributed by atoms with Crippen molar-refractivity contribution in [2.75, 3.05) is 11.4 Å². The van der Waals surface area contributed by atoms with E-state index >= 15 is 0 Å². The third-order valence-electron chi connectivity index (χ3n) is 4.12. The van der Waals surface area contributed by atoms with Crippen molar-refractivity contribution in [3.63, 3.8) is 0 Å². The summed E-state index contributed by atoms with van der Waals surface area (Å²) in [6, 6.07) is 10.6. The van der Waals surface area contributed by atoms with Crippen LogP contribution < -0.4 is 9.04 Å². The summed E-state index contributed by atoms with van der Waals surface area (Å²) in [5, 5.41) is 0. The van der Waals surface area contributed by atoms with Gasteiger partial charge in [0.15, 0.2) is 0 Å². The van der Waals surface area contributed by atoms with Crippen LogP contribution in [0.15, 0.2) is 45.8 Å². The molecular weight excluding hydrogens is 378 g/mol. The average Bonchev–Trinajstić information content (AvgIpc) is 2.82. The van der Waals surface area contributed by atoms with Crippen LogP contribution in [-0.2, 0) is 16.4 Å². The van der Waals surface area contributed by atoms with E-state index in [9.17, 15) is 8.42 Å². The second-order valence-corrected chi connectivity index (χ2v) is 8.49. The normalized spacial score (nSPS) is 17.2. The van der Waals surface area contributed by atoms with Gasteiger partial charge in [-0.3, -0.25) is 4.31 Å². The Morgan fingerprint density at radius 1 is 1.22 bits per heavy atom. The smallest absolute Gasteiger partial charge is 0.264 e. The minimum absolute atomic E-state index is 0.105. The van der Waals surface area contributed by atoms with Crippen molar-refractivity contribution in [3.05, 3.63) is 52.0 Å². The average molecular weight is 396 g/mol. The highest BCUT2D eigenvalue weighted by molar-refractivity contribution is 9.10. The summed E-state index contributed by atoms with van der Waals surface area (Å²) in [5.41, 5.74) is 2.60. The monoisotopic (exact) mass is 395 g/mol. The molecule has 0 saturated heterocycles. The maximum atomic E-state index is 13.1. The van der Waals surface area contributed by atoms with Crippen molar-refractivity contribution in [1.29, 1.82) is 0 Å². The molecule has 0 bridgehead atoms. The summed E-state index contributed by atoms with van der Waals surface area (Å²) in [6.45, 7) is 3.78. The van der Waals surface area contributed by atoms with Crippen molar-refractivity contribution < 1.29 is 13.2 Å². The van der Waals surface area contributed by atoms with Gasteiger partial charge >= 0.3 is 0 Å². The molecule has 1 aliphatic rings. The van der Waals surface area contributed by atoms with Gasteiger partial charge < -0.3 is 4.74 Å². The number of hydrogen-bond donors (Lipinski definition) is 0. The third-order valence-corrected chi connectivity index (χ3v) is 6.54. The highest BCUT2D eigenvalue weighted by Gasteiger charge is 2.36. The van der Waals surface area contributed by atoms with E-state index in [1.54, 1.807) is 25.3 Å². The Morgan fingerprint density at radius 3 is 2.61 bits per heavy atom. The number of fused-ring (bicyclic) bond motifs is 1. The Bertz CT molecular complexity index is 864. The molecule has 1 aliphatic heterocycles. The number of benzene rings is 2. The fourth-order valence-corrected chi connectivity index (χ4v) is 5.25. The van der Waals surface area contributed by atoms with E-state index in [1.165, 1.54) is 4.31 Å². The minimum Gasteiger partial charge on any atom is -0.496 e. The lowest BCUT2D eigenvalue weighted by Crippen LogP contribution is -2.35. The molecule has 122 valence electrons. The van der Waals surface area contributed by atoms with E-state index < -0.39 is 10.0 Å². The highest BCUT2D eigenvalue weighted by atomic mass is 79.9. The number of halogens is 1. The summed E-state index contributed by atoms with van der Waals surface area (Å²) in [7, 11) is -2.02. The lowest BCUT2D eigenvalue weighted by molar-refractivity contribution is 0.411. The van der Waals surface area contributed by atoms with Gasteiger partial charge in [0.2, 0.25) is 0 Å². The summed E-state index contributed by atoms with van der Waals surface area (Å²) >= 11 is 3.44. The van der Waals surface area contributed by atoms with Crippen LogP contribution in [0.25, 0.3) is 0 Å². The Morgan fingerprint density at radius 2 is 1.96 bits per heavy atom. The minimum atomic E-state index is -3.60. The second kappa shape index (κ2) is 5.83. The number of rotatable bonds is 3. The topological polar surface area (TPSA) is 46.6 Å². The maximum Gasteiger partial charge on any atom is 0.264 e. The van der Waals surface area contributed by atoms with Gasteiger partial charge in [0.1, 0.15) is 5.75 Å². The molecule has 0 amide bonds. The van der Waals surface area contributed by atoms with Gasteiger partial charge in [-0.15, -0.1) is 0 Å². The number of methoxy groups -OCH3 is 1. The molecule has 0 aliphatic carbocycles. The summed E-state index contributed by atoms with van der Waals surface area (Å²) in [5.74, 6) is 0.683. The van der Waals surface area contributed by atoms with Crippen molar-refractivity contribution in [1.82, 2.24) is 0 Å². The third kappa shape index (κ3) is 2.74. The van der Waals surface area contributed by atoms with Gasteiger partial charge in [0.05, 0.1) is 17.7 Å². The molecule has 3 rings (SSSR count). The molecule has 1 heterocycles. The van der Waals surface area contributed by atoms with Crippen LogP contribution in [0, 0.1) is 6.92 Å². The Labute approximate surface area is 145 Å². The first-order valence-corrected chi connectivity index (χ1v) is 9.55. The quantitative estimate of drug-likeness (QED) is 0.791. The number of ether oxygens (including phenoxy) is 1. The zero-order valence-corrected chi connectivity index (χ0v) is 15.6. The number of hydrogen-bond acceptors (Lipinski definition) is 3. The van der Waals surface area contributed by atoms with Crippen LogP contribution in [0.2, 0.25) is 0 Å². The lowest BCUT2D eigenvalue weighted by atomic mass is 10.1. The zero-order chi connectivity index (χ0) is 16.8. The van der Waals surface area contributed by atoms with Crippen LogP contribution >= 0.6 is 15.9 Å². The second-order valence-electron chi connectivity index (χ2n) is 5.76. The van der Waals surface area contributed by atoms with Crippen molar-refractivity contribution in [3.8, 4) is 5.75 Å². The van der Waals surface area contributed by atoms with Gasteiger partial charge in [-0.2, -0.15) is 0 Å².